The van der Waals surface area contributed by atoms with E-state index in [-0.39, 0.29) is 23.6 Å². The molecule has 0 bridgehead atoms. The second-order valence-corrected chi connectivity index (χ2v) is 10.8. The predicted molar refractivity (Wildman–Crippen MR) is 138 cm³/mol. The summed E-state index contributed by atoms with van der Waals surface area (Å²) < 4.78 is 46.4. The van der Waals surface area contributed by atoms with E-state index in [0.29, 0.717) is 19.3 Å². The number of nitrogens with zero attached hydrogens (tertiary/aromatic N) is 1. The fraction of sp³-hybridized carbons (Fsp3) is 0.483. The quantitative estimate of drug-likeness (QED) is 0.388. The molecule has 3 aliphatic rings. The van der Waals surface area contributed by atoms with Crippen LogP contribution in [0.15, 0.2) is 42.5 Å². The molecule has 40 heavy (non-hydrogen) atoms. The lowest BCUT2D eigenvalue weighted by atomic mass is 9.91. The molecule has 1 amide bonds. The Balaban J connectivity index is 0.000000470. The van der Waals surface area contributed by atoms with Crippen LogP contribution >= 0.6 is 0 Å². The van der Waals surface area contributed by atoms with Crippen LogP contribution in [0, 0.1) is 17.2 Å². The summed E-state index contributed by atoms with van der Waals surface area (Å²) in [6, 6.07) is 12.7. The summed E-state index contributed by atoms with van der Waals surface area (Å²) >= 11 is 0. The number of hydrogen-bond acceptors (Lipinski definition) is 4. The summed E-state index contributed by atoms with van der Waals surface area (Å²) in [6.45, 7) is 1.55. The normalized spacial score (nSPS) is 19.1. The van der Waals surface area contributed by atoms with Crippen molar-refractivity contribution in [1.29, 1.82) is 0 Å². The van der Waals surface area contributed by atoms with Crippen molar-refractivity contribution in [2.24, 2.45) is 11.3 Å². The van der Waals surface area contributed by atoms with Gasteiger partial charge < -0.3 is 15.5 Å². The Bertz CT molecular complexity index is 1260. The number of hydrogen-bond donors (Lipinski definition) is 3. The zero-order valence-corrected chi connectivity index (χ0v) is 21.8. The van der Waals surface area contributed by atoms with E-state index >= 15 is 0 Å². The zero-order valence-electron chi connectivity index (χ0n) is 21.8. The van der Waals surface area contributed by atoms with E-state index in [4.69, 9.17) is 9.90 Å². The number of carbonyl (C=O) groups excluding carboxylic acids is 1. The molecule has 0 radical (unpaired) electrons. The minimum atomic E-state index is -5.08. The molecule has 0 saturated heterocycles. The highest BCUT2D eigenvalue weighted by molar-refractivity contribution is 5.95. The lowest BCUT2D eigenvalue weighted by molar-refractivity contribution is -0.192. The number of rotatable bonds is 7. The van der Waals surface area contributed by atoms with Gasteiger partial charge in [0.25, 0.3) is 0 Å². The third-order valence-corrected chi connectivity index (χ3v) is 8.05. The number of halogens is 4. The van der Waals surface area contributed by atoms with Crippen LogP contribution in [-0.4, -0.2) is 51.7 Å². The first-order valence-electron chi connectivity index (χ1n) is 13.3. The molecule has 1 aliphatic heterocycles. The maximum Gasteiger partial charge on any atom is 0.490 e. The molecule has 5 rings (SSSR count). The summed E-state index contributed by atoms with van der Waals surface area (Å²) in [5.41, 5.74) is 2.77. The van der Waals surface area contributed by atoms with Gasteiger partial charge in [0.1, 0.15) is 5.82 Å². The third-order valence-electron chi connectivity index (χ3n) is 8.05. The average Bonchev–Trinajstić information content (AvgIpc) is 3.50. The molecule has 1 unspecified atom stereocenters. The molecule has 11 heteroatoms. The molecule has 1 heterocycles. The van der Waals surface area contributed by atoms with Gasteiger partial charge >= 0.3 is 18.1 Å². The van der Waals surface area contributed by atoms with Gasteiger partial charge in [0.05, 0.1) is 17.1 Å². The first-order valence-corrected chi connectivity index (χ1v) is 13.3. The fourth-order valence-corrected chi connectivity index (χ4v) is 5.70. The van der Waals surface area contributed by atoms with Gasteiger partial charge in [0.15, 0.2) is 0 Å². The van der Waals surface area contributed by atoms with Crippen molar-refractivity contribution in [3.8, 4) is 0 Å². The molecule has 7 nitrogen and oxygen atoms in total. The Hall–Kier alpha value is -3.47. The maximum atomic E-state index is 14.7. The molecule has 0 spiro atoms. The van der Waals surface area contributed by atoms with Gasteiger partial charge in [-0.1, -0.05) is 43.2 Å². The van der Waals surface area contributed by atoms with Gasteiger partial charge in [0.2, 0.25) is 5.91 Å². The van der Waals surface area contributed by atoms with E-state index in [1.165, 1.54) is 17.2 Å². The van der Waals surface area contributed by atoms with Gasteiger partial charge in [-0.3, -0.25) is 14.5 Å². The first-order chi connectivity index (χ1) is 18.9. The van der Waals surface area contributed by atoms with Crippen molar-refractivity contribution in [2.45, 2.75) is 70.1 Å². The van der Waals surface area contributed by atoms with Gasteiger partial charge in [-0.2, -0.15) is 13.2 Å². The van der Waals surface area contributed by atoms with Crippen molar-refractivity contribution < 1.29 is 42.2 Å². The Morgan fingerprint density at radius 3 is 2.23 bits per heavy atom. The molecule has 0 aromatic heterocycles. The number of nitrogens with one attached hydrogen (secondary N) is 1. The molecular formula is C29H32F4N2O5. The predicted octanol–water partition coefficient (Wildman–Crippen LogP) is 5.42. The number of alkyl halides is 3. The van der Waals surface area contributed by atoms with Crippen LogP contribution in [0.1, 0.15) is 55.2 Å². The lowest BCUT2D eigenvalue weighted by Crippen LogP contribution is -2.50. The molecule has 2 aromatic rings. The minimum Gasteiger partial charge on any atom is -0.481 e. The number of anilines is 1. The molecule has 3 N–H and O–H groups in total. The monoisotopic (exact) mass is 564 g/mol. The van der Waals surface area contributed by atoms with Crippen LogP contribution in [0.2, 0.25) is 0 Å². The van der Waals surface area contributed by atoms with Crippen molar-refractivity contribution in [3.63, 3.8) is 0 Å². The molecule has 2 saturated carbocycles. The van der Waals surface area contributed by atoms with E-state index in [1.54, 1.807) is 12.1 Å². The zero-order chi connectivity index (χ0) is 29.1. The van der Waals surface area contributed by atoms with Gasteiger partial charge in [-0.15, -0.1) is 0 Å². The van der Waals surface area contributed by atoms with Crippen LogP contribution in [0.4, 0.5) is 23.2 Å². The molecule has 216 valence electrons. The van der Waals surface area contributed by atoms with E-state index < -0.39 is 29.3 Å². The van der Waals surface area contributed by atoms with Crippen molar-refractivity contribution in [3.05, 3.63) is 65.0 Å². The highest BCUT2D eigenvalue weighted by atomic mass is 19.4. The highest BCUT2D eigenvalue weighted by Gasteiger charge is 2.50. The molecule has 1 atom stereocenters. The SMILES string of the molecule is O=C(Nc1cc(CC2(C(=O)O)CC2)ccc1F)C(C1CCCC1)N1CCc2ccccc2C1.O=C(O)C(F)(F)F. The van der Waals surface area contributed by atoms with Crippen LogP contribution in [0.25, 0.3) is 0 Å². The van der Waals surface area contributed by atoms with Crippen molar-refractivity contribution in [1.82, 2.24) is 4.90 Å². The van der Waals surface area contributed by atoms with E-state index in [2.05, 4.69) is 28.4 Å². The summed E-state index contributed by atoms with van der Waals surface area (Å²) in [4.78, 5) is 36.3. The smallest absolute Gasteiger partial charge is 0.481 e. The number of carboxylic acids is 2. The Morgan fingerprint density at radius 1 is 1.02 bits per heavy atom. The summed E-state index contributed by atoms with van der Waals surface area (Å²) in [6.07, 6.45) is 1.75. The minimum absolute atomic E-state index is 0.152. The Morgan fingerprint density at radius 2 is 1.65 bits per heavy atom. The van der Waals surface area contributed by atoms with E-state index in [1.807, 2.05) is 6.07 Å². The van der Waals surface area contributed by atoms with Crippen LogP contribution in [0.3, 0.4) is 0 Å². The molecule has 2 aromatic carbocycles. The van der Waals surface area contributed by atoms with Crippen LogP contribution in [0.5, 0.6) is 0 Å². The fourth-order valence-electron chi connectivity index (χ4n) is 5.70. The standard InChI is InChI=1S/C27H31FN2O3.C2HF3O2/c28-22-10-9-18(16-27(12-13-27)26(32)33)15-23(22)29-25(31)24(20-6-2-3-7-20)30-14-11-19-5-1-4-8-21(19)17-30;3-2(4,5)1(6)7/h1,4-5,8-10,15,20,24H,2-3,6-7,11-14,16-17H2,(H,29,31)(H,32,33);(H,6,7). The second kappa shape index (κ2) is 12.0. The number of carboxylic acid groups (broad SMARTS) is 2. The number of fused-ring (bicyclic) bond motifs is 1. The number of carbonyl (C=O) groups is 3. The molecule has 2 aliphatic carbocycles. The molecular weight excluding hydrogens is 532 g/mol. The Labute approximate surface area is 229 Å². The first kappa shape index (κ1) is 29.5. The highest BCUT2D eigenvalue weighted by Crippen LogP contribution is 2.48. The van der Waals surface area contributed by atoms with Gasteiger partial charge in [0, 0.05) is 13.1 Å². The summed E-state index contributed by atoms with van der Waals surface area (Å²) in [7, 11) is 0. The number of amides is 1. The summed E-state index contributed by atoms with van der Waals surface area (Å²) in [5, 5.41) is 19.5. The van der Waals surface area contributed by atoms with Crippen LogP contribution < -0.4 is 5.32 Å². The Kier molecular flexibility index (Phi) is 8.82. The summed E-state index contributed by atoms with van der Waals surface area (Å²) in [5.74, 6) is -3.93. The van der Waals surface area contributed by atoms with Crippen molar-refractivity contribution >= 4 is 23.5 Å². The molecule has 2 fully saturated rings. The van der Waals surface area contributed by atoms with Crippen molar-refractivity contribution in [2.75, 3.05) is 11.9 Å². The average molecular weight is 565 g/mol. The van der Waals surface area contributed by atoms with Gasteiger partial charge in [-0.25, -0.2) is 9.18 Å². The third kappa shape index (κ3) is 6.99. The van der Waals surface area contributed by atoms with E-state index in [9.17, 15) is 32.3 Å². The maximum absolute atomic E-state index is 14.7. The number of aliphatic carboxylic acids is 2. The second-order valence-electron chi connectivity index (χ2n) is 10.8. The topological polar surface area (TPSA) is 107 Å². The van der Waals surface area contributed by atoms with E-state index in [0.717, 1.165) is 50.8 Å². The largest absolute Gasteiger partial charge is 0.490 e. The van der Waals surface area contributed by atoms with Crippen LogP contribution in [-0.2, 0) is 33.8 Å². The number of benzene rings is 2. The lowest BCUT2D eigenvalue weighted by Gasteiger charge is -2.37. The van der Waals surface area contributed by atoms with Gasteiger partial charge in [-0.05, 0) is 73.3 Å².